The van der Waals surface area contributed by atoms with Crippen LogP contribution in [0.2, 0.25) is 0 Å². The van der Waals surface area contributed by atoms with Gasteiger partial charge >= 0.3 is 0 Å². The number of aromatic nitrogens is 2. The van der Waals surface area contributed by atoms with Crippen molar-refractivity contribution in [3.05, 3.63) is 11.4 Å². The van der Waals surface area contributed by atoms with E-state index in [1.807, 2.05) is 4.90 Å². The van der Waals surface area contributed by atoms with Crippen molar-refractivity contribution in [2.24, 2.45) is 0 Å². The third-order valence-corrected chi connectivity index (χ3v) is 5.22. The number of fused-ring (bicyclic) bond motifs is 1. The average Bonchev–Trinajstić information content (AvgIpc) is 3.08. The topological polar surface area (TPSA) is 78.2 Å². The quantitative estimate of drug-likeness (QED) is 0.857. The lowest BCUT2D eigenvalue weighted by molar-refractivity contribution is 0.0391. The van der Waals surface area contributed by atoms with E-state index in [2.05, 4.69) is 22.0 Å². The second-order valence-corrected chi connectivity index (χ2v) is 6.77. The monoisotopic (exact) mass is 289 g/mol. The van der Waals surface area contributed by atoms with E-state index in [0.717, 1.165) is 31.6 Å². The molecule has 2 aliphatic heterocycles. The second kappa shape index (κ2) is 4.73. The number of H-pyrrole nitrogens is 1. The van der Waals surface area contributed by atoms with Gasteiger partial charge in [-0.15, -0.1) is 0 Å². The third kappa shape index (κ3) is 2.12. The van der Waals surface area contributed by atoms with Crippen LogP contribution in [-0.2, 0) is 0 Å². The van der Waals surface area contributed by atoms with Crippen molar-refractivity contribution in [1.82, 2.24) is 20.0 Å². The molecule has 4 rings (SSSR count). The molecule has 3 heterocycles. The molecular formula is C15H23N5O. The lowest BCUT2D eigenvalue weighted by Gasteiger charge is -2.42. The molecule has 3 aliphatic rings. The van der Waals surface area contributed by atoms with Crippen LogP contribution in [-0.4, -0.2) is 57.6 Å². The van der Waals surface area contributed by atoms with E-state index < -0.39 is 0 Å². The van der Waals surface area contributed by atoms with Gasteiger partial charge in [0.25, 0.3) is 5.91 Å². The predicted molar refractivity (Wildman–Crippen MR) is 80.1 cm³/mol. The van der Waals surface area contributed by atoms with Crippen molar-refractivity contribution >= 4 is 11.6 Å². The van der Waals surface area contributed by atoms with Crippen LogP contribution in [0.25, 0.3) is 0 Å². The van der Waals surface area contributed by atoms with Crippen LogP contribution < -0.4 is 5.73 Å². The van der Waals surface area contributed by atoms with Crippen LogP contribution in [0.15, 0.2) is 0 Å². The Balaban J connectivity index is 1.56. The number of anilines is 1. The highest BCUT2D eigenvalue weighted by molar-refractivity contribution is 5.98. The molecule has 0 spiro atoms. The Labute approximate surface area is 124 Å². The second-order valence-electron chi connectivity index (χ2n) is 6.77. The van der Waals surface area contributed by atoms with Crippen LogP contribution in [0, 0.1) is 0 Å². The Hall–Kier alpha value is -1.56. The number of hydrogen-bond acceptors (Lipinski definition) is 4. The number of piperazine rings is 1. The summed E-state index contributed by atoms with van der Waals surface area (Å²) in [5, 5.41) is 7.20. The number of nitrogens with two attached hydrogens (primary N) is 1. The van der Waals surface area contributed by atoms with Gasteiger partial charge in [0.15, 0.2) is 5.69 Å². The molecule has 0 radical (unpaired) electrons. The molecule has 3 N–H and O–H groups in total. The maximum absolute atomic E-state index is 12.8. The minimum Gasteiger partial charge on any atom is -0.395 e. The number of nitrogens with one attached hydrogen (secondary N) is 1. The number of carbonyl (C=O) groups is 1. The summed E-state index contributed by atoms with van der Waals surface area (Å²) in [6.07, 6.45) is 4.74. The summed E-state index contributed by atoms with van der Waals surface area (Å²) in [6.45, 7) is 5.08. The van der Waals surface area contributed by atoms with Gasteiger partial charge in [-0.3, -0.25) is 14.8 Å². The van der Waals surface area contributed by atoms with Gasteiger partial charge in [-0.05, 0) is 39.2 Å². The zero-order valence-electron chi connectivity index (χ0n) is 12.5. The van der Waals surface area contributed by atoms with E-state index in [1.165, 1.54) is 19.4 Å². The third-order valence-electron chi connectivity index (χ3n) is 5.22. The first kappa shape index (κ1) is 13.1. The van der Waals surface area contributed by atoms with Gasteiger partial charge in [0, 0.05) is 31.1 Å². The van der Waals surface area contributed by atoms with Gasteiger partial charge in [0.1, 0.15) is 0 Å². The highest BCUT2D eigenvalue weighted by Crippen LogP contribution is 2.42. The summed E-state index contributed by atoms with van der Waals surface area (Å²) in [5.41, 5.74) is 8.11. The largest absolute Gasteiger partial charge is 0.395 e. The fourth-order valence-electron chi connectivity index (χ4n) is 3.82. The standard InChI is InChI=1S/C15H23N5O/c1-9-7-19-6-2-3-11(19)8-20(9)15(21)14-12(16)13(17-18-14)10-4-5-10/h9-11H,2-8,16H2,1H3,(H,17,18). The number of hydrogen-bond donors (Lipinski definition) is 2. The molecule has 1 aromatic rings. The number of nitrogens with zero attached hydrogens (tertiary/aromatic N) is 3. The molecule has 0 aromatic carbocycles. The number of nitrogen functional groups attached to an aromatic ring is 1. The summed E-state index contributed by atoms with van der Waals surface area (Å²) < 4.78 is 0. The van der Waals surface area contributed by atoms with Gasteiger partial charge in [0.05, 0.1) is 11.4 Å². The zero-order valence-corrected chi connectivity index (χ0v) is 12.5. The number of aromatic amines is 1. The molecule has 1 aliphatic carbocycles. The average molecular weight is 289 g/mol. The summed E-state index contributed by atoms with van der Waals surface area (Å²) in [5.74, 6) is 0.484. The van der Waals surface area contributed by atoms with E-state index in [-0.39, 0.29) is 11.9 Å². The lowest BCUT2D eigenvalue weighted by Crippen LogP contribution is -2.56. The van der Waals surface area contributed by atoms with Gasteiger partial charge in [-0.1, -0.05) is 0 Å². The molecule has 114 valence electrons. The van der Waals surface area contributed by atoms with Crippen molar-refractivity contribution < 1.29 is 4.79 Å². The zero-order chi connectivity index (χ0) is 14.6. The Morgan fingerprint density at radius 2 is 2.14 bits per heavy atom. The molecule has 1 aromatic heterocycles. The van der Waals surface area contributed by atoms with Crippen LogP contribution in [0.5, 0.6) is 0 Å². The van der Waals surface area contributed by atoms with Gasteiger partial charge in [-0.25, -0.2) is 0 Å². The SMILES string of the molecule is CC1CN2CCCC2CN1C(=O)c1n[nH]c(C2CC2)c1N. The highest BCUT2D eigenvalue weighted by Gasteiger charge is 2.38. The molecule has 2 atom stereocenters. The summed E-state index contributed by atoms with van der Waals surface area (Å²) in [6, 6.07) is 0.751. The van der Waals surface area contributed by atoms with Crippen LogP contribution >= 0.6 is 0 Å². The minimum absolute atomic E-state index is 0.00491. The first-order chi connectivity index (χ1) is 10.1. The predicted octanol–water partition coefficient (Wildman–Crippen LogP) is 1.18. The van der Waals surface area contributed by atoms with Crippen LogP contribution in [0.1, 0.15) is 54.7 Å². The van der Waals surface area contributed by atoms with Crippen molar-refractivity contribution in [2.75, 3.05) is 25.4 Å². The first-order valence-corrected chi connectivity index (χ1v) is 8.04. The molecule has 0 bridgehead atoms. The van der Waals surface area contributed by atoms with Crippen molar-refractivity contribution in [3.8, 4) is 0 Å². The number of rotatable bonds is 2. The Bertz CT molecular complexity index is 564. The number of amides is 1. The molecule has 6 heteroatoms. The van der Waals surface area contributed by atoms with E-state index in [0.29, 0.717) is 23.3 Å². The minimum atomic E-state index is -0.00491. The fraction of sp³-hybridized carbons (Fsp3) is 0.733. The lowest BCUT2D eigenvalue weighted by atomic mass is 10.1. The van der Waals surface area contributed by atoms with E-state index in [4.69, 9.17) is 5.73 Å². The van der Waals surface area contributed by atoms with Crippen LogP contribution in [0.4, 0.5) is 5.69 Å². The van der Waals surface area contributed by atoms with Gasteiger partial charge in [-0.2, -0.15) is 5.10 Å². The molecule has 1 saturated carbocycles. The smallest absolute Gasteiger partial charge is 0.276 e. The highest BCUT2D eigenvalue weighted by atomic mass is 16.2. The van der Waals surface area contributed by atoms with Gasteiger partial charge in [0.2, 0.25) is 0 Å². The van der Waals surface area contributed by atoms with Gasteiger partial charge < -0.3 is 10.6 Å². The number of carbonyl (C=O) groups excluding carboxylic acids is 1. The van der Waals surface area contributed by atoms with E-state index in [1.54, 1.807) is 0 Å². The van der Waals surface area contributed by atoms with Crippen molar-refractivity contribution in [2.45, 2.75) is 50.6 Å². The van der Waals surface area contributed by atoms with E-state index >= 15 is 0 Å². The molecule has 6 nitrogen and oxygen atoms in total. The van der Waals surface area contributed by atoms with Crippen molar-refractivity contribution in [3.63, 3.8) is 0 Å². The molecular weight excluding hydrogens is 266 g/mol. The van der Waals surface area contributed by atoms with Crippen LogP contribution in [0.3, 0.4) is 0 Å². The fourth-order valence-corrected chi connectivity index (χ4v) is 3.82. The summed E-state index contributed by atoms with van der Waals surface area (Å²) >= 11 is 0. The van der Waals surface area contributed by atoms with E-state index in [9.17, 15) is 4.79 Å². The van der Waals surface area contributed by atoms with Crippen molar-refractivity contribution in [1.29, 1.82) is 0 Å². The molecule has 3 fully saturated rings. The Morgan fingerprint density at radius 3 is 2.90 bits per heavy atom. The first-order valence-electron chi connectivity index (χ1n) is 8.04. The normalized spacial score (nSPS) is 29.7. The molecule has 1 amide bonds. The molecule has 2 saturated heterocycles. The maximum Gasteiger partial charge on any atom is 0.276 e. The summed E-state index contributed by atoms with van der Waals surface area (Å²) in [7, 11) is 0. The maximum atomic E-state index is 12.8. The molecule has 21 heavy (non-hydrogen) atoms. The summed E-state index contributed by atoms with van der Waals surface area (Å²) in [4.78, 5) is 17.3. The Morgan fingerprint density at radius 1 is 1.33 bits per heavy atom. The molecule has 2 unspecified atom stereocenters. The Kier molecular flexibility index (Phi) is 2.96.